The van der Waals surface area contributed by atoms with Crippen LogP contribution in [0.3, 0.4) is 0 Å². The first-order valence-corrected chi connectivity index (χ1v) is 10.9. The van der Waals surface area contributed by atoms with E-state index in [9.17, 15) is 9.59 Å². The first kappa shape index (κ1) is 20.7. The average Bonchev–Trinajstić information content (AvgIpc) is 2.96. The molecule has 4 nitrogen and oxygen atoms in total. The number of imide groups is 1. The summed E-state index contributed by atoms with van der Waals surface area (Å²) in [5.41, 5.74) is 5.47. The predicted molar refractivity (Wildman–Crippen MR) is 121 cm³/mol. The Bertz CT molecular complexity index is 1070. The monoisotopic (exact) mass is 422 g/mol. The third kappa shape index (κ3) is 3.54. The van der Waals surface area contributed by atoms with Crippen LogP contribution < -0.4 is 4.90 Å². The molecule has 0 N–H and O–H groups in total. The number of carbonyl (C=O) groups excluding carboxylic acids is 2. The molecular formula is C25H27ClN2O2. The molecule has 4 rings (SSSR count). The van der Waals surface area contributed by atoms with Gasteiger partial charge < -0.3 is 4.90 Å². The molecule has 1 saturated heterocycles. The van der Waals surface area contributed by atoms with Crippen molar-refractivity contribution in [2.75, 3.05) is 18.0 Å². The molecule has 0 aromatic heterocycles. The van der Waals surface area contributed by atoms with E-state index in [1.54, 1.807) is 12.1 Å². The van der Waals surface area contributed by atoms with Gasteiger partial charge in [0.15, 0.2) is 0 Å². The summed E-state index contributed by atoms with van der Waals surface area (Å²) in [5, 5.41) is 0.504. The molecule has 2 heterocycles. The highest BCUT2D eigenvalue weighted by atomic mass is 35.5. The molecule has 0 aliphatic carbocycles. The minimum atomic E-state index is -0.276. The number of aryl methyl sites for hydroxylation is 3. The number of amides is 2. The fraction of sp³-hybridized carbons (Fsp3) is 0.360. The van der Waals surface area contributed by atoms with Gasteiger partial charge in [-0.25, -0.2) is 4.90 Å². The minimum Gasteiger partial charge on any atom is -0.366 e. The Hall–Kier alpha value is -2.59. The number of benzene rings is 2. The smallest absolute Gasteiger partial charge is 0.282 e. The Morgan fingerprint density at radius 3 is 2.37 bits per heavy atom. The Balaban J connectivity index is 1.88. The van der Waals surface area contributed by atoms with Crippen molar-refractivity contribution in [3.8, 4) is 0 Å². The van der Waals surface area contributed by atoms with Crippen molar-refractivity contribution in [1.82, 2.24) is 4.90 Å². The second-order valence-electron chi connectivity index (χ2n) is 8.59. The molecule has 2 amide bonds. The lowest BCUT2D eigenvalue weighted by Crippen LogP contribution is -2.39. The van der Waals surface area contributed by atoms with Gasteiger partial charge in [-0.15, -0.1) is 0 Å². The Labute approximate surface area is 183 Å². The molecule has 156 valence electrons. The molecule has 2 aliphatic heterocycles. The highest BCUT2D eigenvalue weighted by molar-refractivity contribution is 6.45. The van der Waals surface area contributed by atoms with Crippen LogP contribution in [0.15, 0.2) is 42.1 Å². The molecule has 0 saturated carbocycles. The average molecular weight is 423 g/mol. The van der Waals surface area contributed by atoms with Gasteiger partial charge in [-0.05, 0) is 73.9 Å². The maximum Gasteiger partial charge on any atom is 0.282 e. The molecule has 1 fully saturated rings. The summed E-state index contributed by atoms with van der Waals surface area (Å²) in [4.78, 5) is 30.8. The van der Waals surface area contributed by atoms with Gasteiger partial charge in [-0.1, -0.05) is 42.8 Å². The molecule has 2 aromatic carbocycles. The van der Waals surface area contributed by atoms with Gasteiger partial charge in [-0.2, -0.15) is 0 Å². The van der Waals surface area contributed by atoms with Crippen molar-refractivity contribution >= 4 is 34.7 Å². The molecular weight excluding hydrogens is 396 g/mol. The number of rotatable bonds is 3. The zero-order valence-electron chi connectivity index (χ0n) is 18.0. The summed E-state index contributed by atoms with van der Waals surface area (Å²) in [7, 11) is 0. The summed E-state index contributed by atoms with van der Waals surface area (Å²) in [5.74, 6) is -0.0494. The van der Waals surface area contributed by atoms with Crippen molar-refractivity contribution in [1.29, 1.82) is 0 Å². The number of hydrogen-bond donors (Lipinski definition) is 0. The van der Waals surface area contributed by atoms with E-state index >= 15 is 0 Å². The molecule has 2 aromatic rings. The zero-order valence-corrected chi connectivity index (χ0v) is 18.7. The number of halogens is 1. The molecule has 0 spiro atoms. The van der Waals surface area contributed by atoms with Gasteiger partial charge in [0, 0.05) is 18.1 Å². The van der Waals surface area contributed by atoms with E-state index in [2.05, 4.69) is 11.8 Å². The largest absolute Gasteiger partial charge is 0.366 e. The van der Waals surface area contributed by atoms with Gasteiger partial charge in [0.05, 0.1) is 11.3 Å². The summed E-state index contributed by atoms with van der Waals surface area (Å²) < 4.78 is 0. The van der Waals surface area contributed by atoms with Crippen molar-refractivity contribution < 1.29 is 9.59 Å². The van der Waals surface area contributed by atoms with Crippen molar-refractivity contribution in [3.63, 3.8) is 0 Å². The summed E-state index contributed by atoms with van der Waals surface area (Å²) >= 11 is 6.21. The maximum absolute atomic E-state index is 13.7. The summed E-state index contributed by atoms with van der Waals surface area (Å²) in [6.07, 6.45) is 2.16. The van der Waals surface area contributed by atoms with Gasteiger partial charge in [0.25, 0.3) is 11.8 Å². The highest BCUT2D eigenvalue weighted by Gasteiger charge is 2.43. The number of nitrogens with zero attached hydrogens (tertiary/aromatic N) is 2. The van der Waals surface area contributed by atoms with E-state index < -0.39 is 0 Å². The van der Waals surface area contributed by atoms with Crippen LogP contribution in [0.4, 0.5) is 5.69 Å². The number of carbonyl (C=O) groups is 2. The maximum atomic E-state index is 13.7. The van der Waals surface area contributed by atoms with E-state index in [0.717, 1.165) is 48.2 Å². The lowest BCUT2D eigenvalue weighted by molar-refractivity contribution is -0.120. The quantitative estimate of drug-likeness (QED) is 0.631. The van der Waals surface area contributed by atoms with Gasteiger partial charge in [0.2, 0.25) is 0 Å². The van der Waals surface area contributed by atoms with E-state index in [1.165, 1.54) is 4.90 Å². The van der Waals surface area contributed by atoms with Gasteiger partial charge in [0.1, 0.15) is 5.70 Å². The number of likely N-dealkylation sites (tertiary alicyclic amines) is 1. The molecule has 1 unspecified atom stereocenters. The minimum absolute atomic E-state index is 0.257. The summed E-state index contributed by atoms with van der Waals surface area (Å²) in [6, 6.07) is 11.3. The highest BCUT2D eigenvalue weighted by Crippen LogP contribution is 2.38. The molecule has 0 radical (unpaired) electrons. The van der Waals surface area contributed by atoms with Crippen LogP contribution in [-0.4, -0.2) is 29.8 Å². The standard InChI is InChI=1S/C25H27ClN2O2/c1-15-6-5-11-27(14-15)23-22(19-9-7-16(2)18(4)12-19)24(29)28(25(23)30)21-13-20(26)10-8-17(21)3/h7-10,12-13,15H,5-6,11,14H2,1-4H3. The SMILES string of the molecule is Cc1ccc(C2=C(N3CCCC(C)C3)C(=O)N(c3cc(Cl)ccc3C)C2=O)cc1C. The van der Waals surface area contributed by atoms with E-state index in [0.29, 0.717) is 27.9 Å². The van der Waals surface area contributed by atoms with Crippen LogP contribution in [0.1, 0.15) is 42.0 Å². The van der Waals surface area contributed by atoms with Crippen LogP contribution in [-0.2, 0) is 9.59 Å². The topological polar surface area (TPSA) is 40.6 Å². The molecule has 1 atom stereocenters. The Morgan fingerprint density at radius 2 is 1.67 bits per heavy atom. The molecule has 2 aliphatic rings. The van der Waals surface area contributed by atoms with Crippen LogP contribution in [0.25, 0.3) is 5.57 Å². The summed E-state index contributed by atoms with van der Waals surface area (Å²) in [6.45, 7) is 9.73. The van der Waals surface area contributed by atoms with E-state index in [1.807, 2.05) is 45.0 Å². The second-order valence-corrected chi connectivity index (χ2v) is 9.03. The van der Waals surface area contributed by atoms with Crippen molar-refractivity contribution in [2.45, 2.75) is 40.5 Å². The van der Waals surface area contributed by atoms with Crippen LogP contribution in [0.2, 0.25) is 5.02 Å². The fourth-order valence-corrected chi connectivity index (χ4v) is 4.57. The number of piperidine rings is 1. The fourth-order valence-electron chi connectivity index (χ4n) is 4.40. The van der Waals surface area contributed by atoms with Crippen LogP contribution in [0.5, 0.6) is 0 Å². The lowest BCUT2D eigenvalue weighted by atomic mass is 9.96. The predicted octanol–water partition coefficient (Wildman–Crippen LogP) is 5.28. The lowest BCUT2D eigenvalue weighted by Gasteiger charge is -2.33. The number of hydrogen-bond acceptors (Lipinski definition) is 3. The van der Waals surface area contributed by atoms with E-state index in [4.69, 9.17) is 11.6 Å². The van der Waals surface area contributed by atoms with Crippen molar-refractivity contribution in [3.05, 3.63) is 69.4 Å². The number of anilines is 1. The molecule has 5 heteroatoms. The molecule has 30 heavy (non-hydrogen) atoms. The zero-order chi connectivity index (χ0) is 21.6. The van der Waals surface area contributed by atoms with Gasteiger partial charge >= 0.3 is 0 Å². The third-order valence-corrected chi connectivity index (χ3v) is 6.48. The normalized spacial score (nSPS) is 19.8. The Kier molecular flexibility index (Phi) is 5.46. The van der Waals surface area contributed by atoms with Crippen molar-refractivity contribution in [2.24, 2.45) is 5.92 Å². The van der Waals surface area contributed by atoms with Crippen LogP contribution in [0, 0.1) is 26.7 Å². The third-order valence-electron chi connectivity index (χ3n) is 6.24. The Morgan fingerprint density at radius 1 is 0.933 bits per heavy atom. The van der Waals surface area contributed by atoms with Gasteiger partial charge in [-0.3, -0.25) is 9.59 Å². The van der Waals surface area contributed by atoms with E-state index in [-0.39, 0.29) is 11.8 Å². The van der Waals surface area contributed by atoms with Crippen LogP contribution >= 0.6 is 11.6 Å². The first-order chi connectivity index (χ1) is 14.3. The molecule has 0 bridgehead atoms. The first-order valence-electron chi connectivity index (χ1n) is 10.5. The second kappa shape index (κ2) is 7.92.